The summed E-state index contributed by atoms with van der Waals surface area (Å²) in [6, 6.07) is 0. The first kappa shape index (κ1) is 27.5. The molecule has 0 aromatic heterocycles. The first-order valence-electron chi connectivity index (χ1n) is 13.6. The zero-order valence-electron chi connectivity index (χ0n) is 22.7. The van der Waals surface area contributed by atoms with Gasteiger partial charge in [-0.25, -0.2) is 9.59 Å². The topological polar surface area (TPSA) is 113 Å². The number of cyclic esters (lactones) is 1. The number of epoxide rings is 1. The standard InChI is InChI=1S/C29H40O9/c1-18-9-11-28-16-35-26(32)25(31)19(2)10-12-34-20(15-33-4)7-5-6-8-24(30)38-21-14-23(37-22(28)13-18)29(17-36-29)27(21,28)3/h5-8,13,19-23,25,31H,9-12,14-17H2,1-4H3/t19?,20?,21-,22?,23-,25-,27-,28-,29?/m1/s1. The summed E-state index contributed by atoms with van der Waals surface area (Å²) in [7, 11) is 1.58. The molecule has 38 heavy (non-hydrogen) atoms. The van der Waals surface area contributed by atoms with Crippen LogP contribution in [-0.4, -0.2) is 86.7 Å². The van der Waals surface area contributed by atoms with Gasteiger partial charge in [-0.3, -0.25) is 0 Å². The van der Waals surface area contributed by atoms with Crippen molar-refractivity contribution in [1.29, 1.82) is 0 Å². The van der Waals surface area contributed by atoms with E-state index in [4.69, 9.17) is 28.4 Å². The average molecular weight is 533 g/mol. The van der Waals surface area contributed by atoms with Crippen LogP contribution in [0.15, 0.2) is 36.0 Å². The van der Waals surface area contributed by atoms with Crippen molar-refractivity contribution in [3.05, 3.63) is 36.0 Å². The Kier molecular flexibility index (Phi) is 7.61. The molecule has 9 atom stereocenters. The fourth-order valence-corrected chi connectivity index (χ4v) is 7.04. The number of esters is 2. The molecule has 1 N–H and O–H groups in total. The molecule has 2 aliphatic carbocycles. The van der Waals surface area contributed by atoms with Crippen LogP contribution in [0.4, 0.5) is 0 Å². The lowest BCUT2D eigenvalue weighted by atomic mass is 9.51. The minimum absolute atomic E-state index is 0.0391. The van der Waals surface area contributed by atoms with Crippen LogP contribution in [0, 0.1) is 16.7 Å². The molecule has 2 saturated heterocycles. The van der Waals surface area contributed by atoms with E-state index < -0.39 is 40.6 Å². The minimum atomic E-state index is -1.29. The van der Waals surface area contributed by atoms with Crippen molar-refractivity contribution in [1.82, 2.24) is 0 Å². The lowest BCUT2D eigenvalue weighted by molar-refractivity contribution is -0.234. The quantitative estimate of drug-likeness (QED) is 0.326. The van der Waals surface area contributed by atoms with E-state index in [1.54, 1.807) is 32.3 Å². The van der Waals surface area contributed by atoms with Crippen LogP contribution in [0.1, 0.15) is 46.5 Å². The minimum Gasteiger partial charge on any atom is -0.463 e. The molecule has 3 fully saturated rings. The second-order valence-electron chi connectivity index (χ2n) is 11.7. The Morgan fingerprint density at radius 3 is 2.71 bits per heavy atom. The third-order valence-corrected chi connectivity index (χ3v) is 9.63. The number of rotatable bonds is 2. The number of hydrogen-bond donors (Lipinski definition) is 1. The van der Waals surface area contributed by atoms with E-state index in [1.807, 2.05) is 0 Å². The van der Waals surface area contributed by atoms with Gasteiger partial charge in [0.2, 0.25) is 0 Å². The van der Waals surface area contributed by atoms with Gasteiger partial charge in [0, 0.05) is 31.6 Å². The molecule has 4 unspecified atom stereocenters. The van der Waals surface area contributed by atoms with Gasteiger partial charge in [-0.1, -0.05) is 43.7 Å². The van der Waals surface area contributed by atoms with E-state index in [0.29, 0.717) is 39.1 Å². The Hall–Kier alpha value is -2.04. The Balaban J connectivity index is 1.49. The number of allylic oxidation sites excluding steroid dienone is 3. The fraction of sp³-hybridized carbons (Fsp3) is 0.724. The van der Waals surface area contributed by atoms with E-state index in [9.17, 15) is 14.7 Å². The maximum absolute atomic E-state index is 13.1. The van der Waals surface area contributed by atoms with E-state index in [2.05, 4.69) is 19.9 Å². The molecule has 0 aromatic carbocycles. The highest BCUT2D eigenvalue weighted by atomic mass is 16.6. The van der Waals surface area contributed by atoms with Crippen molar-refractivity contribution in [2.24, 2.45) is 16.7 Å². The van der Waals surface area contributed by atoms with E-state index in [0.717, 1.165) is 6.42 Å². The molecule has 1 saturated carbocycles. The molecule has 0 aromatic rings. The first-order chi connectivity index (χ1) is 18.2. The monoisotopic (exact) mass is 532 g/mol. The maximum Gasteiger partial charge on any atom is 0.335 e. The molecule has 3 heterocycles. The zero-order chi connectivity index (χ0) is 27.1. The lowest BCUT2D eigenvalue weighted by Crippen LogP contribution is -2.66. The lowest BCUT2D eigenvalue weighted by Gasteiger charge is -2.58. The molecule has 210 valence electrons. The SMILES string of the molecule is COCC1C=CC=CC(=O)O[C@@H]2C[C@H]3OC4C=C(C)CC[C@]4(COC(=O)[C@H](O)C(C)CCO1)[C@]2(C)C31CO1. The number of hydrogen-bond acceptors (Lipinski definition) is 9. The number of methoxy groups -OCH3 is 1. The zero-order valence-corrected chi connectivity index (χ0v) is 22.7. The van der Waals surface area contributed by atoms with Gasteiger partial charge < -0.3 is 33.5 Å². The second kappa shape index (κ2) is 10.5. The number of carbonyl (C=O) groups excluding carboxylic acids is 2. The van der Waals surface area contributed by atoms with Crippen LogP contribution in [0.5, 0.6) is 0 Å². The van der Waals surface area contributed by atoms with Gasteiger partial charge in [0.25, 0.3) is 0 Å². The van der Waals surface area contributed by atoms with Crippen LogP contribution >= 0.6 is 0 Å². The summed E-state index contributed by atoms with van der Waals surface area (Å²) in [5.74, 6) is -1.49. The Bertz CT molecular complexity index is 1010. The highest BCUT2D eigenvalue weighted by molar-refractivity contribution is 5.82. The van der Waals surface area contributed by atoms with Crippen LogP contribution in [0.25, 0.3) is 0 Å². The Morgan fingerprint density at radius 1 is 1.18 bits per heavy atom. The highest BCUT2D eigenvalue weighted by Gasteiger charge is 2.83. The molecule has 5 aliphatic rings. The van der Waals surface area contributed by atoms with Crippen molar-refractivity contribution in [2.45, 2.75) is 82.6 Å². The van der Waals surface area contributed by atoms with Crippen LogP contribution in [0.2, 0.25) is 0 Å². The largest absolute Gasteiger partial charge is 0.463 e. The van der Waals surface area contributed by atoms with Crippen LogP contribution in [-0.2, 0) is 38.0 Å². The third kappa shape index (κ3) is 4.46. The van der Waals surface area contributed by atoms with Crippen molar-refractivity contribution >= 4 is 11.9 Å². The summed E-state index contributed by atoms with van der Waals surface area (Å²) in [4.78, 5) is 26.1. The van der Waals surface area contributed by atoms with E-state index >= 15 is 0 Å². The summed E-state index contributed by atoms with van der Waals surface area (Å²) in [5, 5.41) is 10.8. The molecular formula is C29H40O9. The summed E-state index contributed by atoms with van der Waals surface area (Å²) < 4.78 is 35.8. The van der Waals surface area contributed by atoms with Gasteiger partial charge in [0.15, 0.2) is 6.10 Å². The molecule has 0 amide bonds. The van der Waals surface area contributed by atoms with Gasteiger partial charge in [-0.15, -0.1) is 0 Å². The first-order valence-corrected chi connectivity index (χ1v) is 13.6. The molecule has 9 nitrogen and oxygen atoms in total. The smallest absolute Gasteiger partial charge is 0.335 e. The summed E-state index contributed by atoms with van der Waals surface area (Å²) >= 11 is 0. The molecule has 3 aliphatic heterocycles. The molecule has 0 radical (unpaired) electrons. The molecule has 5 rings (SSSR count). The van der Waals surface area contributed by atoms with Crippen molar-refractivity contribution < 1.29 is 43.1 Å². The van der Waals surface area contributed by atoms with Gasteiger partial charge >= 0.3 is 11.9 Å². The van der Waals surface area contributed by atoms with Crippen molar-refractivity contribution in [2.75, 3.05) is 33.5 Å². The highest BCUT2D eigenvalue weighted by Crippen LogP contribution is 2.72. The number of carbonyl (C=O) groups is 2. The number of aliphatic hydroxyl groups excluding tert-OH is 1. The summed E-state index contributed by atoms with van der Waals surface area (Å²) in [6.45, 7) is 7.18. The molecule has 2 bridgehead atoms. The maximum atomic E-state index is 13.1. The second-order valence-corrected chi connectivity index (χ2v) is 11.7. The predicted molar refractivity (Wildman–Crippen MR) is 136 cm³/mol. The van der Waals surface area contributed by atoms with Gasteiger partial charge in [0.1, 0.15) is 18.3 Å². The average Bonchev–Trinajstić information content (AvgIpc) is 3.67. The van der Waals surface area contributed by atoms with Crippen LogP contribution < -0.4 is 0 Å². The number of aliphatic hydroxyl groups is 1. The molecular weight excluding hydrogens is 492 g/mol. The molecule has 9 heteroatoms. The molecule has 2 spiro atoms. The van der Waals surface area contributed by atoms with Gasteiger partial charge in [-0.05, 0) is 32.1 Å². The van der Waals surface area contributed by atoms with Crippen LogP contribution in [0.3, 0.4) is 0 Å². The Labute approximate surface area is 224 Å². The fourth-order valence-electron chi connectivity index (χ4n) is 7.04. The number of ether oxygens (including phenoxy) is 6. The summed E-state index contributed by atoms with van der Waals surface area (Å²) in [6.07, 6.45) is 8.50. The summed E-state index contributed by atoms with van der Waals surface area (Å²) in [5.41, 5.74) is -0.707. The van der Waals surface area contributed by atoms with Crippen molar-refractivity contribution in [3.8, 4) is 0 Å². The van der Waals surface area contributed by atoms with Crippen molar-refractivity contribution in [3.63, 3.8) is 0 Å². The van der Waals surface area contributed by atoms with Gasteiger partial charge in [-0.2, -0.15) is 0 Å². The van der Waals surface area contributed by atoms with E-state index in [-0.39, 0.29) is 30.8 Å². The normalized spacial score (nSPS) is 45.4. The van der Waals surface area contributed by atoms with E-state index in [1.165, 1.54) is 11.6 Å². The predicted octanol–water partition coefficient (Wildman–Crippen LogP) is 2.66. The van der Waals surface area contributed by atoms with Gasteiger partial charge in [0.05, 0.1) is 36.9 Å². The third-order valence-electron chi connectivity index (χ3n) is 9.63. The Morgan fingerprint density at radius 2 is 1.97 bits per heavy atom.